The SMILES string of the molecule is C[C@H](CO)N1C[C@H](C)[C@@H](CN(C)C(=O)Nc2ccccc2)OCCCC[C@H](C)Oc2ccc(NC(=O)Nc3ccc4c(c3)OCO4)cc2C1=O. The number of carbonyl (C=O) groups excluding carboxylic acids is 3. The molecule has 50 heavy (non-hydrogen) atoms. The van der Waals surface area contributed by atoms with Gasteiger partial charge in [-0.2, -0.15) is 0 Å². The van der Waals surface area contributed by atoms with E-state index in [9.17, 15) is 19.5 Å². The number of carbonyl (C=O) groups is 3. The molecule has 5 amide bonds. The van der Waals surface area contributed by atoms with Crippen LogP contribution in [0.15, 0.2) is 66.7 Å². The van der Waals surface area contributed by atoms with Crippen LogP contribution in [0.3, 0.4) is 0 Å². The minimum absolute atomic E-state index is 0.121. The zero-order valence-electron chi connectivity index (χ0n) is 29.0. The number of ether oxygens (including phenoxy) is 4. The van der Waals surface area contributed by atoms with E-state index in [0.29, 0.717) is 40.9 Å². The fraction of sp³-hybridized carbons (Fsp3) is 0.432. The molecule has 4 N–H and O–H groups in total. The van der Waals surface area contributed by atoms with Gasteiger partial charge in [0.15, 0.2) is 11.5 Å². The average Bonchev–Trinajstić information content (AvgIpc) is 3.58. The van der Waals surface area contributed by atoms with E-state index in [1.165, 1.54) is 0 Å². The minimum Gasteiger partial charge on any atom is -0.490 e. The summed E-state index contributed by atoms with van der Waals surface area (Å²) in [7, 11) is 1.71. The van der Waals surface area contributed by atoms with Crippen LogP contribution in [-0.2, 0) is 4.74 Å². The third-order valence-corrected chi connectivity index (χ3v) is 8.77. The molecule has 3 aromatic carbocycles. The third-order valence-electron chi connectivity index (χ3n) is 8.77. The van der Waals surface area contributed by atoms with Crippen molar-refractivity contribution in [2.45, 2.75) is 58.3 Å². The first kappa shape index (κ1) is 36.3. The van der Waals surface area contributed by atoms with Crippen LogP contribution < -0.4 is 30.2 Å². The molecular formula is C37H47N5O8. The number of hydrogen-bond acceptors (Lipinski definition) is 8. The third kappa shape index (κ3) is 9.57. The van der Waals surface area contributed by atoms with E-state index in [4.69, 9.17) is 18.9 Å². The first-order valence-electron chi connectivity index (χ1n) is 17.0. The van der Waals surface area contributed by atoms with Crippen molar-refractivity contribution in [1.82, 2.24) is 9.80 Å². The summed E-state index contributed by atoms with van der Waals surface area (Å²) in [4.78, 5) is 43.6. The van der Waals surface area contributed by atoms with E-state index in [2.05, 4.69) is 16.0 Å². The molecule has 13 heteroatoms. The van der Waals surface area contributed by atoms with E-state index in [0.717, 1.165) is 19.3 Å². The highest BCUT2D eigenvalue weighted by Gasteiger charge is 2.31. The maximum atomic E-state index is 14.4. The van der Waals surface area contributed by atoms with Crippen molar-refractivity contribution >= 4 is 35.0 Å². The number of benzene rings is 3. The molecule has 0 unspecified atom stereocenters. The molecule has 2 aliphatic heterocycles. The second kappa shape index (κ2) is 17.1. The molecule has 3 aromatic rings. The van der Waals surface area contributed by atoms with Gasteiger partial charge in [0.05, 0.1) is 30.4 Å². The first-order valence-corrected chi connectivity index (χ1v) is 17.0. The lowest BCUT2D eigenvalue weighted by Gasteiger charge is -2.35. The lowest BCUT2D eigenvalue weighted by molar-refractivity contribution is -0.0115. The monoisotopic (exact) mass is 689 g/mol. The number of aliphatic hydroxyl groups is 1. The normalized spacial score (nSPS) is 20.1. The number of nitrogens with zero attached hydrogens (tertiary/aromatic N) is 2. The lowest BCUT2D eigenvalue weighted by atomic mass is 10.0. The Kier molecular flexibility index (Phi) is 12.4. The van der Waals surface area contributed by atoms with Crippen LogP contribution in [0.2, 0.25) is 0 Å². The molecule has 0 radical (unpaired) electrons. The molecule has 0 saturated carbocycles. The summed E-state index contributed by atoms with van der Waals surface area (Å²) in [5, 5.41) is 18.7. The van der Waals surface area contributed by atoms with Crippen molar-refractivity contribution in [3.8, 4) is 17.2 Å². The number of anilines is 3. The van der Waals surface area contributed by atoms with E-state index in [-0.39, 0.29) is 56.0 Å². The standard InChI is InChI=1S/C37H47N5O8/c1-24-20-42(25(2)22-43)35(44)30-18-28(38-36(45)39-29-14-16-32-33(19-29)49-23-48-32)13-15-31(30)50-26(3)10-8-9-17-47-34(24)21-41(4)37(46)40-27-11-6-5-7-12-27/h5-7,11-16,18-19,24-26,34,43H,8-10,17,20-23H2,1-4H3,(H,40,46)(H2,38,39,45)/t24-,25+,26-,34+/m0/s1. The van der Waals surface area contributed by atoms with Gasteiger partial charge in [-0.15, -0.1) is 0 Å². The van der Waals surface area contributed by atoms with Crippen molar-refractivity contribution in [3.63, 3.8) is 0 Å². The highest BCUT2D eigenvalue weighted by molar-refractivity contribution is 6.02. The number of urea groups is 2. The first-order chi connectivity index (χ1) is 24.1. The Labute approximate surface area is 292 Å². The molecule has 0 fully saturated rings. The van der Waals surface area contributed by atoms with Crippen LogP contribution in [0.4, 0.5) is 26.7 Å². The number of likely N-dealkylation sites (N-methyl/N-ethyl adjacent to an activating group) is 1. The molecule has 0 spiro atoms. The van der Waals surface area contributed by atoms with Gasteiger partial charge in [-0.05, 0) is 75.6 Å². The number of nitrogens with one attached hydrogen (secondary N) is 3. The molecule has 0 aliphatic carbocycles. The van der Waals surface area contributed by atoms with Crippen molar-refractivity contribution < 1.29 is 38.4 Å². The Morgan fingerprint density at radius 3 is 2.36 bits per heavy atom. The zero-order valence-corrected chi connectivity index (χ0v) is 29.0. The van der Waals surface area contributed by atoms with Gasteiger partial charge < -0.3 is 49.8 Å². The average molecular weight is 690 g/mol. The summed E-state index contributed by atoms with van der Waals surface area (Å²) in [6.45, 7) is 6.55. The maximum Gasteiger partial charge on any atom is 0.323 e. The predicted octanol–water partition coefficient (Wildman–Crippen LogP) is 6.02. The molecular weight excluding hydrogens is 642 g/mol. The minimum atomic E-state index is -0.547. The van der Waals surface area contributed by atoms with Gasteiger partial charge in [-0.25, -0.2) is 9.59 Å². The Balaban J connectivity index is 1.36. The lowest BCUT2D eigenvalue weighted by Crippen LogP contribution is -2.48. The smallest absolute Gasteiger partial charge is 0.323 e. The second-order valence-electron chi connectivity index (χ2n) is 12.8. The van der Waals surface area contributed by atoms with Gasteiger partial charge in [0.2, 0.25) is 6.79 Å². The molecule has 0 aromatic heterocycles. The number of fused-ring (bicyclic) bond motifs is 2. The van der Waals surface area contributed by atoms with E-state index in [1.54, 1.807) is 60.2 Å². The molecule has 0 bridgehead atoms. The van der Waals surface area contributed by atoms with Crippen LogP contribution in [0.1, 0.15) is 50.4 Å². The topological polar surface area (TPSA) is 151 Å². The van der Waals surface area contributed by atoms with Gasteiger partial charge in [0.1, 0.15) is 5.75 Å². The summed E-state index contributed by atoms with van der Waals surface area (Å²) in [6.07, 6.45) is 1.76. The maximum absolute atomic E-state index is 14.4. The van der Waals surface area contributed by atoms with Crippen LogP contribution in [-0.4, -0.2) is 91.3 Å². The number of amides is 5. The van der Waals surface area contributed by atoms with Gasteiger partial charge in [0, 0.05) is 55.8 Å². The van der Waals surface area contributed by atoms with Crippen molar-refractivity contribution in [1.29, 1.82) is 0 Å². The highest BCUT2D eigenvalue weighted by Crippen LogP contribution is 2.34. The van der Waals surface area contributed by atoms with Gasteiger partial charge in [-0.1, -0.05) is 25.1 Å². The van der Waals surface area contributed by atoms with Crippen molar-refractivity contribution in [2.75, 3.05) is 56.1 Å². The van der Waals surface area contributed by atoms with Crippen LogP contribution in [0.25, 0.3) is 0 Å². The quantitative estimate of drug-likeness (QED) is 0.235. The molecule has 5 rings (SSSR count). The molecule has 13 nitrogen and oxygen atoms in total. The van der Waals surface area contributed by atoms with Crippen molar-refractivity contribution in [2.24, 2.45) is 5.92 Å². The van der Waals surface area contributed by atoms with Crippen molar-refractivity contribution in [3.05, 3.63) is 72.3 Å². The van der Waals surface area contributed by atoms with Crippen LogP contribution >= 0.6 is 0 Å². The van der Waals surface area contributed by atoms with Crippen LogP contribution in [0, 0.1) is 5.92 Å². The molecule has 0 saturated heterocycles. The second-order valence-corrected chi connectivity index (χ2v) is 12.8. The number of aliphatic hydroxyl groups excluding tert-OH is 1. The highest BCUT2D eigenvalue weighted by atomic mass is 16.7. The Morgan fingerprint density at radius 1 is 0.920 bits per heavy atom. The molecule has 4 atom stereocenters. The predicted molar refractivity (Wildman–Crippen MR) is 190 cm³/mol. The Hall–Kier alpha value is -5.01. The summed E-state index contributed by atoms with van der Waals surface area (Å²) in [5.74, 6) is 0.929. The molecule has 2 heterocycles. The Bertz CT molecular complexity index is 1620. The number of rotatable bonds is 7. The van der Waals surface area contributed by atoms with Gasteiger partial charge >= 0.3 is 12.1 Å². The fourth-order valence-electron chi connectivity index (χ4n) is 5.82. The molecule has 268 valence electrons. The fourth-order valence-corrected chi connectivity index (χ4v) is 5.82. The largest absolute Gasteiger partial charge is 0.490 e. The van der Waals surface area contributed by atoms with Gasteiger partial charge in [-0.3, -0.25) is 4.79 Å². The number of para-hydroxylation sites is 1. The summed E-state index contributed by atoms with van der Waals surface area (Å²) >= 11 is 0. The van der Waals surface area contributed by atoms with E-state index >= 15 is 0 Å². The summed E-state index contributed by atoms with van der Waals surface area (Å²) < 4.78 is 23.4. The zero-order chi connectivity index (χ0) is 35.6. The van der Waals surface area contributed by atoms with Gasteiger partial charge in [0.25, 0.3) is 5.91 Å². The van der Waals surface area contributed by atoms with E-state index < -0.39 is 18.2 Å². The summed E-state index contributed by atoms with van der Waals surface area (Å²) in [6, 6.07) is 17.9. The Morgan fingerprint density at radius 2 is 1.62 bits per heavy atom. The number of hydrogen-bond donors (Lipinski definition) is 4. The van der Waals surface area contributed by atoms with E-state index in [1.807, 2.05) is 44.2 Å². The van der Waals surface area contributed by atoms with Crippen LogP contribution in [0.5, 0.6) is 17.2 Å². The molecule has 2 aliphatic rings. The summed E-state index contributed by atoms with van der Waals surface area (Å²) in [5.41, 5.74) is 1.83.